The van der Waals surface area contributed by atoms with Crippen molar-refractivity contribution in [3.8, 4) is 0 Å². The Labute approximate surface area is 197 Å². The summed E-state index contributed by atoms with van der Waals surface area (Å²) in [5.41, 5.74) is 3.57. The lowest BCUT2D eigenvalue weighted by molar-refractivity contribution is -0.118. The maximum atomic E-state index is 13.0. The van der Waals surface area contributed by atoms with Gasteiger partial charge in [0.25, 0.3) is 5.91 Å². The molecule has 0 aromatic heterocycles. The molecular weight excluding hydrogens is 414 g/mol. The second-order valence-corrected chi connectivity index (χ2v) is 10.1. The summed E-state index contributed by atoms with van der Waals surface area (Å²) in [6.45, 7) is 13.7. The molecule has 2 aromatic rings. The zero-order valence-electron chi connectivity index (χ0n) is 20.5. The molecule has 0 saturated carbocycles. The van der Waals surface area contributed by atoms with Crippen molar-refractivity contribution in [3.63, 3.8) is 0 Å². The van der Waals surface area contributed by atoms with Gasteiger partial charge in [-0.2, -0.15) is 0 Å². The Balaban J connectivity index is 1.65. The number of hydrogen-bond acceptors (Lipinski definition) is 4. The normalized spacial score (nSPS) is 15.3. The van der Waals surface area contributed by atoms with E-state index in [0.29, 0.717) is 12.0 Å². The first-order chi connectivity index (χ1) is 15.6. The molecule has 1 atom stereocenters. The van der Waals surface area contributed by atoms with Crippen LogP contribution in [0.15, 0.2) is 48.5 Å². The highest BCUT2D eigenvalue weighted by atomic mass is 16.5. The van der Waals surface area contributed by atoms with Crippen LogP contribution in [0.3, 0.4) is 0 Å². The fourth-order valence-corrected chi connectivity index (χ4v) is 3.87. The number of carbonyl (C=O) groups excluding carboxylic acids is 2. The second kappa shape index (κ2) is 10.8. The molecular formula is C27H37N3O3. The molecule has 1 heterocycles. The third-order valence-electron chi connectivity index (χ3n) is 5.85. The van der Waals surface area contributed by atoms with Crippen LogP contribution in [0.5, 0.6) is 0 Å². The van der Waals surface area contributed by atoms with Gasteiger partial charge >= 0.3 is 0 Å². The maximum Gasteiger partial charge on any atom is 0.251 e. The van der Waals surface area contributed by atoms with Crippen LogP contribution in [0.25, 0.3) is 0 Å². The predicted octanol–water partition coefficient (Wildman–Crippen LogP) is 4.60. The summed E-state index contributed by atoms with van der Waals surface area (Å²) >= 11 is 0. The van der Waals surface area contributed by atoms with Gasteiger partial charge in [-0.25, -0.2) is 0 Å². The number of hydrogen-bond donors (Lipinski definition) is 2. The van der Waals surface area contributed by atoms with Crippen LogP contribution < -0.4 is 15.5 Å². The Hall–Kier alpha value is -2.86. The molecule has 178 valence electrons. The highest BCUT2D eigenvalue weighted by Gasteiger charge is 2.23. The molecule has 3 rings (SSSR count). The Morgan fingerprint density at radius 3 is 2.12 bits per heavy atom. The molecule has 6 nitrogen and oxygen atoms in total. The van der Waals surface area contributed by atoms with Gasteiger partial charge in [-0.3, -0.25) is 9.59 Å². The monoisotopic (exact) mass is 451 g/mol. The van der Waals surface area contributed by atoms with E-state index in [1.54, 1.807) is 0 Å². The standard InChI is InChI=1S/C27H37N3O3/c1-19(2)18-24(29-25(31)20-6-8-21(9-7-20)27(3,4)5)26(32)28-22-10-12-23(13-11-22)30-14-16-33-17-15-30/h6-13,19,24H,14-18H2,1-5H3,(H,28,32)(H,29,31)/t24-/m0/s1. The fourth-order valence-electron chi connectivity index (χ4n) is 3.87. The minimum Gasteiger partial charge on any atom is -0.378 e. The van der Waals surface area contributed by atoms with Crippen molar-refractivity contribution in [2.75, 3.05) is 36.5 Å². The zero-order valence-corrected chi connectivity index (χ0v) is 20.5. The largest absolute Gasteiger partial charge is 0.378 e. The van der Waals surface area contributed by atoms with E-state index >= 15 is 0 Å². The summed E-state index contributed by atoms with van der Waals surface area (Å²) in [6.07, 6.45) is 0.559. The summed E-state index contributed by atoms with van der Waals surface area (Å²) < 4.78 is 5.41. The number of ether oxygens (including phenoxy) is 1. The van der Waals surface area contributed by atoms with Crippen molar-refractivity contribution in [2.24, 2.45) is 5.92 Å². The first kappa shape index (κ1) is 24.8. The molecule has 2 N–H and O–H groups in total. The van der Waals surface area contributed by atoms with Gasteiger partial charge in [0.05, 0.1) is 13.2 Å². The molecule has 1 aliphatic rings. The van der Waals surface area contributed by atoms with Crippen LogP contribution in [-0.4, -0.2) is 44.2 Å². The third-order valence-corrected chi connectivity index (χ3v) is 5.85. The Morgan fingerprint density at radius 1 is 0.970 bits per heavy atom. The number of amides is 2. The van der Waals surface area contributed by atoms with E-state index < -0.39 is 6.04 Å². The third kappa shape index (κ3) is 7.06. The van der Waals surface area contributed by atoms with E-state index in [4.69, 9.17) is 4.74 Å². The average Bonchev–Trinajstić information content (AvgIpc) is 2.79. The number of carbonyl (C=O) groups is 2. The van der Waals surface area contributed by atoms with Gasteiger partial charge in [-0.1, -0.05) is 46.8 Å². The van der Waals surface area contributed by atoms with Crippen LogP contribution in [0.1, 0.15) is 57.0 Å². The van der Waals surface area contributed by atoms with Crippen LogP contribution >= 0.6 is 0 Å². The van der Waals surface area contributed by atoms with Crippen LogP contribution in [0.4, 0.5) is 11.4 Å². The van der Waals surface area contributed by atoms with Crippen molar-refractivity contribution in [1.29, 1.82) is 0 Å². The first-order valence-electron chi connectivity index (χ1n) is 11.8. The summed E-state index contributed by atoms with van der Waals surface area (Å²) in [5, 5.41) is 5.90. The van der Waals surface area contributed by atoms with Gasteiger partial charge in [-0.05, 0) is 59.7 Å². The molecule has 33 heavy (non-hydrogen) atoms. The summed E-state index contributed by atoms with van der Waals surface area (Å²) in [6, 6.07) is 14.8. The second-order valence-electron chi connectivity index (χ2n) is 10.1. The lowest BCUT2D eigenvalue weighted by Gasteiger charge is -2.29. The van der Waals surface area contributed by atoms with Gasteiger partial charge < -0.3 is 20.3 Å². The highest BCUT2D eigenvalue weighted by Crippen LogP contribution is 2.23. The number of nitrogens with one attached hydrogen (secondary N) is 2. The van der Waals surface area contributed by atoms with E-state index in [-0.39, 0.29) is 23.1 Å². The van der Waals surface area contributed by atoms with Gasteiger partial charge in [-0.15, -0.1) is 0 Å². The molecule has 0 aliphatic carbocycles. The molecule has 6 heteroatoms. The van der Waals surface area contributed by atoms with Gasteiger partial charge in [0.15, 0.2) is 0 Å². The number of rotatable bonds is 7. The minimum absolute atomic E-state index is 0.0202. The SMILES string of the molecule is CC(C)C[C@H](NC(=O)c1ccc(C(C)(C)C)cc1)C(=O)Nc1ccc(N2CCOCC2)cc1. The number of anilines is 2. The van der Waals surface area contributed by atoms with E-state index in [1.165, 1.54) is 0 Å². The van der Waals surface area contributed by atoms with Crippen molar-refractivity contribution in [2.45, 2.75) is 52.5 Å². The van der Waals surface area contributed by atoms with Gasteiger partial charge in [0, 0.05) is 30.0 Å². The average molecular weight is 452 g/mol. The predicted molar refractivity (Wildman–Crippen MR) is 134 cm³/mol. The van der Waals surface area contributed by atoms with Crippen molar-refractivity contribution < 1.29 is 14.3 Å². The number of benzene rings is 2. The van der Waals surface area contributed by atoms with E-state index in [2.05, 4.69) is 36.3 Å². The number of nitrogens with zero attached hydrogens (tertiary/aromatic N) is 1. The van der Waals surface area contributed by atoms with Crippen LogP contribution in [0.2, 0.25) is 0 Å². The quantitative estimate of drug-likeness (QED) is 0.645. The Kier molecular flexibility index (Phi) is 8.14. The smallest absolute Gasteiger partial charge is 0.251 e. The fraction of sp³-hybridized carbons (Fsp3) is 0.481. The van der Waals surface area contributed by atoms with Crippen LogP contribution in [0, 0.1) is 5.92 Å². The molecule has 0 radical (unpaired) electrons. The molecule has 1 saturated heterocycles. The van der Waals surface area contributed by atoms with E-state index in [1.807, 2.05) is 62.4 Å². The van der Waals surface area contributed by atoms with Crippen molar-refractivity contribution in [3.05, 3.63) is 59.7 Å². The summed E-state index contributed by atoms with van der Waals surface area (Å²) in [7, 11) is 0. The minimum atomic E-state index is -0.612. The van der Waals surface area contributed by atoms with Crippen molar-refractivity contribution >= 4 is 23.2 Å². The lowest BCUT2D eigenvalue weighted by atomic mass is 9.86. The van der Waals surface area contributed by atoms with Crippen LogP contribution in [-0.2, 0) is 14.9 Å². The zero-order chi connectivity index (χ0) is 24.0. The Morgan fingerprint density at radius 2 is 1.58 bits per heavy atom. The number of morpholine rings is 1. The molecule has 1 aliphatic heterocycles. The first-order valence-corrected chi connectivity index (χ1v) is 11.8. The lowest BCUT2D eigenvalue weighted by Crippen LogP contribution is -2.44. The molecule has 0 bridgehead atoms. The molecule has 2 aromatic carbocycles. The van der Waals surface area contributed by atoms with Gasteiger partial charge in [0.1, 0.15) is 6.04 Å². The molecule has 2 amide bonds. The van der Waals surface area contributed by atoms with E-state index in [0.717, 1.165) is 43.2 Å². The molecule has 1 fully saturated rings. The highest BCUT2D eigenvalue weighted by molar-refractivity contribution is 6.01. The molecule has 0 spiro atoms. The Bertz CT molecular complexity index is 925. The summed E-state index contributed by atoms with van der Waals surface area (Å²) in [4.78, 5) is 28.2. The van der Waals surface area contributed by atoms with Gasteiger partial charge in [0.2, 0.25) is 5.91 Å². The van der Waals surface area contributed by atoms with E-state index in [9.17, 15) is 9.59 Å². The van der Waals surface area contributed by atoms with Crippen molar-refractivity contribution in [1.82, 2.24) is 5.32 Å². The molecule has 0 unspecified atom stereocenters. The topological polar surface area (TPSA) is 70.7 Å². The summed E-state index contributed by atoms with van der Waals surface area (Å²) in [5.74, 6) is -0.186. The maximum absolute atomic E-state index is 13.0.